The first-order valence-electron chi connectivity index (χ1n) is 5.65. The monoisotopic (exact) mass is 293 g/mol. The number of amides is 1. The van der Waals surface area contributed by atoms with Gasteiger partial charge in [-0.05, 0) is 38.4 Å². The number of nitrogens with one attached hydrogen (secondary N) is 1. The fraction of sp³-hybridized carbons (Fsp3) is 0.909. The molecule has 0 aliphatic carbocycles. The van der Waals surface area contributed by atoms with Gasteiger partial charge in [0, 0.05) is 11.4 Å². The van der Waals surface area contributed by atoms with Crippen LogP contribution in [-0.4, -0.2) is 27.8 Å². The average molecular weight is 294 g/mol. The van der Waals surface area contributed by atoms with Crippen LogP contribution >= 0.6 is 27.7 Å². The Morgan fingerprint density at radius 1 is 1.67 bits per heavy atom. The molecule has 1 saturated heterocycles. The molecule has 88 valence electrons. The van der Waals surface area contributed by atoms with Crippen molar-refractivity contribution in [2.75, 3.05) is 12.3 Å². The Morgan fingerprint density at radius 2 is 2.40 bits per heavy atom. The van der Waals surface area contributed by atoms with Crippen molar-refractivity contribution in [3.63, 3.8) is 0 Å². The zero-order valence-corrected chi connectivity index (χ0v) is 11.9. The number of carbonyl (C=O) groups excluding carboxylic acids is 1. The van der Waals surface area contributed by atoms with E-state index in [0.717, 1.165) is 31.6 Å². The van der Waals surface area contributed by atoms with Crippen molar-refractivity contribution in [1.29, 1.82) is 0 Å². The molecule has 0 spiro atoms. The molecule has 1 rings (SSSR count). The molecule has 2 atom stereocenters. The molecular formula is C11H20BrNOS. The Bertz CT molecular complexity index is 217. The summed E-state index contributed by atoms with van der Waals surface area (Å²) >= 11 is 5.36. The third-order valence-corrected chi connectivity index (χ3v) is 5.51. The van der Waals surface area contributed by atoms with Gasteiger partial charge >= 0.3 is 0 Å². The fourth-order valence-corrected chi connectivity index (χ4v) is 3.15. The van der Waals surface area contributed by atoms with Crippen LogP contribution in [0.2, 0.25) is 0 Å². The summed E-state index contributed by atoms with van der Waals surface area (Å²) in [6.45, 7) is 5.00. The molecule has 1 fully saturated rings. The highest BCUT2D eigenvalue weighted by atomic mass is 79.9. The van der Waals surface area contributed by atoms with Gasteiger partial charge in [-0.3, -0.25) is 4.79 Å². The molecule has 4 heteroatoms. The van der Waals surface area contributed by atoms with Crippen molar-refractivity contribution in [3.05, 3.63) is 0 Å². The number of hydrogen-bond acceptors (Lipinski definition) is 2. The molecule has 1 heterocycles. The number of alkyl halides is 1. The van der Waals surface area contributed by atoms with Crippen LogP contribution in [0, 0.1) is 0 Å². The second-order valence-corrected chi connectivity index (χ2v) is 7.13. The van der Waals surface area contributed by atoms with Crippen molar-refractivity contribution < 1.29 is 4.79 Å². The molecule has 0 aromatic carbocycles. The van der Waals surface area contributed by atoms with E-state index in [1.54, 1.807) is 11.8 Å². The van der Waals surface area contributed by atoms with Gasteiger partial charge in [0.05, 0.1) is 4.75 Å². The fourth-order valence-electron chi connectivity index (χ4n) is 1.69. The molecule has 15 heavy (non-hydrogen) atoms. The number of halogens is 1. The molecule has 1 aliphatic heterocycles. The lowest BCUT2D eigenvalue weighted by Crippen LogP contribution is -2.41. The first-order valence-corrected chi connectivity index (χ1v) is 7.55. The van der Waals surface area contributed by atoms with Crippen LogP contribution in [0.5, 0.6) is 0 Å². The highest BCUT2D eigenvalue weighted by Crippen LogP contribution is 2.37. The number of thioether (sulfide) groups is 1. The van der Waals surface area contributed by atoms with E-state index >= 15 is 0 Å². The van der Waals surface area contributed by atoms with E-state index in [0.29, 0.717) is 4.83 Å². The van der Waals surface area contributed by atoms with Gasteiger partial charge in [-0.15, -0.1) is 11.8 Å². The summed E-state index contributed by atoms with van der Waals surface area (Å²) in [6.07, 6.45) is 4.32. The predicted molar refractivity (Wildman–Crippen MR) is 70.7 cm³/mol. The average Bonchev–Trinajstić information content (AvgIpc) is 2.66. The minimum Gasteiger partial charge on any atom is -0.355 e. The van der Waals surface area contributed by atoms with Gasteiger partial charge in [0.1, 0.15) is 0 Å². The van der Waals surface area contributed by atoms with Gasteiger partial charge < -0.3 is 5.32 Å². The van der Waals surface area contributed by atoms with Crippen LogP contribution in [0.4, 0.5) is 0 Å². The van der Waals surface area contributed by atoms with Gasteiger partial charge in [0.2, 0.25) is 5.91 Å². The largest absolute Gasteiger partial charge is 0.355 e. The van der Waals surface area contributed by atoms with Gasteiger partial charge in [-0.2, -0.15) is 0 Å². The third-order valence-electron chi connectivity index (χ3n) is 2.89. The Balaban J connectivity index is 2.24. The van der Waals surface area contributed by atoms with E-state index < -0.39 is 0 Å². The summed E-state index contributed by atoms with van der Waals surface area (Å²) in [5.41, 5.74) is 0. The topological polar surface area (TPSA) is 29.1 Å². The molecule has 2 unspecified atom stereocenters. The summed E-state index contributed by atoms with van der Waals surface area (Å²) in [4.78, 5) is 12.4. The number of hydrogen-bond donors (Lipinski definition) is 1. The van der Waals surface area contributed by atoms with E-state index in [1.807, 2.05) is 0 Å². The summed E-state index contributed by atoms with van der Waals surface area (Å²) in [7, 11) is 0. The highest BCUT2D eigenvalue weighted by molar-refractivity contribution is 9.09. The molecule has 0 aromatic rings. The van der Waals surface area contributed by atoms with Gasteiger partial charge in [0.15, 0.2) is 0 Å². The van der Waals surface area contributed by atoms with Crippen LogP contribution < -0.4 is 5.32 Å². The Kier molecular flexibility index (Phi) is 5.47. The van der Waals surface area contributed by atoms with Crippen molar-refractivity contribution in [2.24, 2.45) is 0 Å². The molecule has 0 saturated carbocycles. The quantitative estimate of drug-likeness (QED) is 0.790. The predicted octanol–water partition coefficient (Wildman–Crippen LogP) is 2.95. The van der Waals surface area contributed by atoms with Gasteiger partial charge in [-0.1, -0.05) is 22.9 Å². The highest BCUT2D eigenvalue weighted by Gasteiger charge is 2.36. The van der Waals surface area contributed by atoms with Crippen LogP contribution in [0.25, 0.3) is 0 Å². The summed E-state index contributed by atoms with van der Waals surface area (Å²) in [5.74, 6) is 1.35. The first kappa shape index (κ1) is 13.4. The zero-order valence-electron chi connectivity index (χ0n) is 9.51. The Hall–Kier alpha value is 0.300. The molecule has 0 aromatic heterocycles. The van der Waals surface area contributed by atoms with E-state index in [1.165, 1.54) is 6.42 Å². The first-order chi connectivity index (χ1) is 7.08. The van der Waals surface area contributed by atoms with Gasteiger partial charge in [0.25, 0.3) is 0 Å². The molecule has 1 N–H and O–H groups in total. The maximum Gasteiger partial charge on any atom is 0.235 e. The summed E-state index contributed by atoms with van der Waals surface area (Å²) in [6, 6.07) is 0. The smallest absolute Gasteiger partial charge is 0.235 e. The van der Waals surface area contributed by atoms with E-state index in [9.17, 15) is 4.79 Å². The molecule has 0 bridgehead atoms. The minimum atomic E-state index is -0.159. The molecular weight excluding hydrogens is 274 g/mol. The Labute approximate surface area is 105 Å². The normalized spacial score (nSPS) is 27.7. The third kappa shape index (κ3) is 3.99. The lowest BCUT2D eigenvalue weighted by molar-refractivity contribution is -0.123. The second-order valence-electron chi connectivity index (χ2n) is 4.23. The number of carbonyl (C=O) groups is 1. The van der Waals surface area contributed by atoms with E-state index in [-0.39, 0.29) is 10.7 Å². The van der Waals surface area contributed by atoms with Crippen molar-refractivity contribution in [1.82, 2.24) is 5.32 Å². The minimum absolute atomic E-state index is 0.159. The van der Waals surface area contributed by atoms with Crippen LogP contribution in [-0.2, 0) is 4.79 Å². The number of rotatable bonds is 5. The van der Waals surface area contributed by atoms with E-state index in [2.05, 4.69) is 35.1 Å². The van der Waals surface area contributed by atoms with E-state index in [4.69, 9.17) is 0 Å². The lowest BCUT2D eigenvalue weighted by Gasteiger charge is -2.21. The Morgan fingerprint density at radius 3 is 2.93 bits per heavy atom. The standard InChI is InChI=1S/C11H20BrNOS/c1-3-9(12)5-7-13-10(14)11(2)6-4-8-15-11/h9H,3-8H2,1-2H3,(H,13,14). The van der Waals surface area contributed by atoms with Crippen LogP contribution in [0.3, 0.4) is 0 Å². The van der Waals surface area contributed by atoms with Crippen LogP contribution in [0.15, 0.2) is 0 Å². The van der Waals surface area contributed by atoms with Crippen molar-refractivity contribution in [2.45, 2.75) is 49.1 Å². The SMILES string of the molecule is CCC(Br)CCNC(=O)C1(C)CCCS1. The van der Waals surface area contributed by atoms with Crippen molar-refractivity contribution >= 4 is 33.6 Å². The molecule has 2 nitrogen and oxygen atoms in total. The maximum absolute atomic E-state index is 11.9. The summed E-state index contributed by atoms with van der Waals surface area (Å²) < 4.78 is -0.159. The zero-order chi connectivity index (χ0) is 11.3. The van der Waals surface area contributed by atoms with Crippen LogP contribution in [0.1, 0.15) is 39.5 Å². The second kappa shape index (κ2) is 6.14. The van der Waals surface area contributed by atoms with Crippen molar-refractivity contribution in [3.8, 4) is 0 Å². The maximum atomic E-state index is 11.9. The summed E-state index contributed by atoms with van der Waals surface area (Å²) in [5, 5.41) is 3.04. The molecule has 0 radical (unpaired) electrons. The van der Waals surface area contributed by atoms with Gasteiger partial charge in [-0.25, -0.2) is 0 Å². The molecule has 1 amide bonds. The molecule has 1 aliphatic rings. The lowest BCUT2D eigenvalue weighted by atomic mass is 10.0.